The number of aliphatic imine (C=N–C) groups is 1. The first-order valence-electron chi connectivity index (χ1n) is 9.61. The van der Waals surface area contributed by atoms with Gasteiger partial charge in [-0.25, -0.2) is 4.98 Å². The number of ether oxygens (including phenoxy) is 2. The summed E-state index contributed by atoms with van der Waals surface area (Å²) in [6.45, 7) is 8.08. The second-order valence-corrected chi connectivity index (χ2v) is 6.42. The third kappa shape index (κ3) is 8.83. The molecule has 1 aromatic rings. The van der Waals surface area contributed by atoms with Crippen LogP contribution < -0.4 is 16.0 Å². The Hall–Kier alpha value is -2.19. The number of aromatic nitrogens is 1. The lowest BCUT2D eigenvalue weighted by atomic mass is 10.3. The van der Waals surface area contributed by atoms with E-state index in [1.807, 2.05) is 19.9 Å². The highest BCUT2D eigenvalue weighted by Crippen LogP contribution is 2.08. The standard InChI is InChI=1S/C19H31N5O3/c1-3-20-19(21-9-4-11-27-16-8-12-26-14-16)22-10-7-18(25)24-17-6-5-15(2)13-23-17/h5-6,13,16H,3-4,7-12,14H2,1-2H3,(H2,20,21,22)(H,23,24,25). The summed E-state index contributed by atoms with van der Waals surface area (Å²) in [5.41, 5.74) is 1.06. The fourth-order valence-corrected chi connectivity index (χ4v) is 2.53. The summed E-state index contributed by atoms with van der Waals surface area (Å²) in [6.07, 6.45) is 4.14. The van der Waals surface area contributed by atoms with Gasteiger partial charge in [0.15, 0.2) is 5.96 Å². The number of rotatable bonds is 10. The molecular formula is C19H31N5O3. The molecule has 1 fully saturated rings. The van der Waals surface area contributed by atoms with Gasteiger partial charge < -0.3 is 25.4 Å². The first kappa shape index (κ1) is 21.1. The van der Waals surface area contributed by atoms with E-state index in [2.05, 4.69) is 25.9 Å². The van der Waals surface area contributed by atoms with Gasteiger partial charge in [-0.1, -0.05) is 6.07 Å². The molecule has 1 aliphatic rings. The molecule has 3 N–H and O–H groups in total. The summed E-state index contributed by atoms with van der Waals surface area (Å²) in [5.74, 6) is 1.20. The quantitative estimate of drug-likeness (QED) is 0.325. The Kier molecular flexibility index (Phi) is 9.57. The van der Waals surface area contributed by atoms with Crippen molar-refractivity contribution in [3.8, 4) is 0 Å². The molecule has 150 valence electrons. The fraction of sp³-hybridized carbons (Fsp3) is 0.632. The van der Waals surface area contributed by atoms with Crippen LogP contribution in [0.2, 0.25) is 0 Å². The summed E-state index contributed by atoms with van der Waals surface area (Å²) in [6, 6.07) is 3.71. The lowest BCUT2D eigenvalue weighted by Gasteiger charge is -2.12. The average Bonchev–Trinajstić information content (AvgIpc) is 3.17. The minimum absolute atomic E-state index is 0.0816. The van der Waals surface area contributed by atoms with Crippen LogP contribution >= 0.6 is 0 Å². The molecular weight excluding hydrogens is 346 g/mol. The molecule has 1 amide bonds. The van der Waals surface area contributed by atoms with Crippen LogP contribution in [0.1, 0.15) is 31.7 Å². The predicted molar refractivity (Wildman–Crippen MR) is 106 cm³/mol. The number of carbonyl (C=O) groups excluding carboxylic acids is 1. The van der Waals surface area contributed by atoms with Gasteiger partial charge in [-0.3, -0.25) is 9.79 Å². The zero-order valence-corrected chi connectivity index (χ0v) is 16.3. The van der Waals surface area contributed by atoms with E-state index in [1.165, 1.54) is 0 Å². The topological polar surface area (TPSA) is 96.9 Å². The van der Waals surface area contributed by atoms with Gasteiger partial charge in [-0.2, -0.15) is 0 Å². The molecule has 1 aromatic heterocycles. The fourth-order valence-electron chi connectivity index (χ4n) is 2.53. The van der Waals surface area contributed by atoms with Crippen LogP contribution in [0.5, 0.6) is 0 Å². The number of amides is 1. The number of nitrogens with one attached hydrogen (secondary N) is 3. The molecule has 0 aliphatic carbocycles. The zero-order valence-electron chi connectivity index (χ0n) is 16.3. The minimum Gasteiger partial charge on any atom is -0.379 e. The Bertz CT molecular complexity index is 586. The number of anilines is 1. The zero-order chi connectivity index (χ0) is 19.3. The van der Waals surface area contributed by atoms with Crippen molar-refractivity contribution >= 4 is 17.7 Å². The lowest BCUT2D eigenvalue weighted by Crippen LogP contribution is -2.38. The van der Waals surface area contributed by atoms with Crippen molar-refractivity contribution in [1.82, 2.24) is 15.6 Å². The summed E-state index contributed by atoms with van der Waals surface area (Å²) >= 11 is 0. The first-order valence-corrected chi connectivity index (χ1v) is 9.61. The molecule has 1 aliphatic heterocycles. The van der Waals surface area contributed by atoms with Gasteiger partial charge >= 0.3 is 0 Å². The van der Waals surface area contributed by atoms with Crippen LogP contribution in [0.25, 0.3) is 0 Å². The molecule has 1 saturated heterocycles. The average molecular weight is 377 g/mol. The van der Waals surface area contributed by atoms with Crippen LogP contribution in [0.3, 0.4) is 0 Å². The molecule has 1 atom stereocenters. The van der Waals surface area contributed by atoms with Gasteiger partial charge in [-0.15, -0.1) is 0 Å². The van der Waals surface area contributed by atoms with E-state index in [1.54, 1.807) is 12.3 Å². The number of hydrogen-bond donors (Lipinski definition) is 3. The summed E-state index contributed by atoms with van der Waals surface area (Å²) in [4.78, 5) is 20.7. The third-order valence-corrected chi connectivity index (χ3v) is 3.98. The lowest BCUT2D eigenvalue weighted by molar-refractivity contribution is -0.116. The molecule has 8 heteroatoms. The SMILES string of the molecule is CCNC(=NCCCOC1CCOC1)NCCC(=O)Nc1ccc(C)cn1. The highest BCUT2D eigenvalue weighted by Gasteiger charge is 2.15. The van der Waals surface area contributed by atoms with E-state index < -0.39 is 0 Å². The van der Waals surface area contributed by atoms with Crippen molar-refractivity contribution in [2.45, 2.75) is 39.2 Å². The predicted octanol–water partition coefficient (Wildman–Crippen LogP) is 1.47. The number of nitrogens with zero attached hydrogens (tertiary/aromatic N) is 2. The highest BCUT2D eigenvalue weighted by atomic mass is 16.5. The van der Waals surface area contributed by atoms with Crippen molar-refractivity contribution in [3.05, 3.63) is 23.9 Å². The van der Waals surface area contributed by atoms with Crippen LogP contribution in [-0.4, -0.2) is 62.4 Å². The second kappa shape index (κ2) is 12.2. The summed E-state index contributed by atoms with van der Waals surface area (Å²) < 4.78 is 11.0. The summed E-state index contributed by atoms with van der Waals surface area (Å²) in [7, 11) is 0. The largest absolute Gasteiger partial charge is 0.379 e. The Morgan fingerprint density at radius 1 is 1.41 bits per heavy atom. The van der Waals surface area contributed by atoms with Gasteiger partial charge in [0.05, 0.1) is 12.7 Å². The second-order valence-electron chi connectivity index (χ2n) is 6.42. The molecule has 0 spiro atoms. The number of pyridine rings is 1. The maximum atomic E-state index is 12.0. The van der Waals surface area contributed by atoms with Gasteiger partial charge in [0.25, 0.3) is 0 Å². The van der Waals surface area contributed by atoms with Crippen LogP contribution in [0, 0.1) is 6.92 Å². The maximum Gasteiger partial charge on any atom is 0.227 e. The van der Waals surface area contributed by atoms with Crippen LogP contribution in [-0.2, 0) is 14.3 Å². The van der Waals surface area contributed by atoms with Gasteiger partial charge in [0, 0.05) is 45.5 Å². The first-order chi connectivity index (χ1) is 13.2. The van der Waals surface area contributed by atoms with Gasteiger partial charge in [-0.05, 0) is 38.3 Å². The molecule has 2 heterocycles. The molecule has 27 heavy (non-hydrogen) atoms. The Morgan fingerprint density at radius 3 is 3.00 bits per heavy atom. The number of carbonyl (C=O) groups is 1. The third-order valence-electron chi connectivity index (χ3n) is 3.98. The molecule has 0 aromatic carbocycles. The van der Waals surface area contributed by atoms with E-state index in [4.69, 9.17) is 9.47 Å². The van der Waals surface area contributed by atoms with Crippen molar-refractivity contribution in [1.29, 1.82) is 0 Å². The molecule has 0 radical (unpaired) electrons. The Morgan fingerprint density at radius 2 is 2.30 bits per heavy atom. The smallest absolute Gasteiger partial charge is 0.227 e. The maximum absolute atomic E-state index is 12.0. The van der Waals surface area contributed by atoms with E-state index in [-0.39, 0.29) is 12.0 Å². The molecule has 0 bridgehead atoms. The van der Waals surface area contributed by atoms with E-state index in [9.17, 15) is 4.79 Å². The highest BCUT2D eigenvalue weighted by molar-refractivity contribution is 5.90. The van der Waals surface area contributed by atoms with Gasteiger partial charge in [0.2, 0.25) is 5.91 Å². The summed E-state index contributed by atoms with van der Waals surface area (Å²) in [5, 5.41) is 9.14. The minimum atomic E-state index is -0.0816. The van der Waals surface area contributed by atoms with Crippen molar-refractivity contribution in [2.75, 3.05) is 44.8 Å². The van der Waals surface area contributed by atoms with Crippen molar-refractivity contribution in [3.63, 3.8) is 0 Å². The van der Waals surface area contributed by atoms with Crippen LogP contribution in [0.15, 0.2) is 23.3 Å². The Labute approximate surface area is 161 Å². The molecule has 2 rings (SSSR count). The van der Waals surface area contributed by atoms with Crippen molar-refractivity contribution in [2.24, 2.45) is 4.99 Å². The van der Waals surface area contributed by atoms with E-state index in [0.29, 0.717) is 44.5 Å². The van der Waals surface area contributed by atoms with Crippen molar-refractivity contribution < 1.29 is 14.3 Å². The molecule has 0 saturated carbocycles. The van der Waals surface area contributed by atoms with E-state index >= 15 is 0 Å². The van der Waals surface area contributed by atoms with Crippen LogP contribution in [0.4, 0.5) is 5.82 Å². The number of hydrogen-bond acceptors (Lipinski definition) is 5. The van der Waals surface area contributed by atoms with E-state index in [0.717, 1.165) is 31.6 Å². The number of guanidine groups is 1. The van der Waals surface area contributed by atoms with Gasteiger partial charge in [0.1, 0.15) is 5.82 Å². The molecule has 1 unspecified atom stereocenters. The molecule has 8 nitrogen and oxygen atoms in total. The monoisotopic (exact) mass is 377 g/mol. The normalized spacial score (nSPS) is 17.0. The number of aryl methyl sites for hydroxylation is 1. The Balaban J connectivity index is 1.62.